The maximum atomic E-state index is 12.0. The summed E-state index contributed by atoms with van der Waals surface area (Å²) in [6.07, 6.45) is 1.32. The normalized spacial score (nSPS) is 30.4. The fourth-order valence-electron chi connectivity index (χ4n) is 2.62. The number of hydrogen-bond donors (Lipinski definition) is 1. The van der Waals surface area contributed by atoms with E-state index in [1.54, 1.807) is 6.92 Å². The largest absolute Gasteiger partial charge is 0.464 e. The van der Waals surface area contributed by atoms with Crippen molar-refractivity contribution in [3.63, 3.8) is 0 Å². The minimum Gasteiger partial charge on any atom is -0.464 e. The third-order valence-electron chi connectivity index (χ3n) is 3.36. The first kappa shape index (κ1) is 13.2. The molecule has 1 saturated carbocycles. The molecule has 0 aromatic carbocycles. The molecular weight excluding hydrogens is 232 g/mol. The van der Waals surface area contributed by atoms with Crippen LogP contribution in [0, 0.1) is 5.41 Å². The van der Waals surface area contributed by atoms with Crippen LogP contribution in [0.4, 0.5) is 0 Å². The average Bonchev–Trinajstić information content (AvgIpc) is 2.26. The van der Waals surface area contributed by atoms with E-state index in [0.717, 1.165) is 12.1 Å². The topological polar surface area (TPSA) is 67.8 Å². The number of carbonyl (C=O) groups is 2. The molecule has 0 radical (unpaired) electrons. The van der Waals surface area contributed by atoms with Crippen LogP contribution in [0.1, 0.15) is 33.6 Å². The molecule has 1 aliphatic heterocycles. The Labute approximate surface area is 107 Å². The van der Waals surface area contributed by atoms with Gasteiger partial charge in [0.05, 0.1) is 6.61 Å². The molecule has 0 amide bonds. The van der Waals surface area contributed by atoms with Crippen molar-refractivity contribution in [1.82, 2.24) is 5.32 Å². The summed E-state index contributed by atoms with van der Waals surface area (Å²) in [6, 6.07) is -0.790. The second kappa shape index (κ2) is 4.80. The number of rotatable bonds is 2. The van der Waals surface area contributed by atoms with Crippen molar-refractivity contribution in [3.8, 4) is 0 Å². The lowest BCUT2D eigenvalue weighted by atomic mass is 9.73. The van der Waals surface area contributed by atoms with Gasteiger partial charge in [-0.15, -0.1) is 0 Å². The van der Waals surface area contributed by atoms with Crippen LogP contribution >= 0.6 is 0 Å². The molecule has 0 saturated heterocycles. The van der Waals surface area contributed by atoms with Crippen LogP contribution in [-0.2, 0) is 14.3 Å². The van der Waals surface area contributed by atoms with Crippen molar-refractivity contribution in [2.45, 2.75) is 45.7 Å². The van der Waals surface area contributed by atoms with Crippen molar-refractivity contribution < 1.29 is 14.3 Å². The van der Waals surface area contributed by atoms with Crippen LogP contribution in [0.5, 0.6) is 0 Å². The molecular formula is C13H20N2O3. The van der Waals surface area contributed by atoms with Crippen molar-refractivity contribution in [2.24, 2.45) is 10.4 Å². The molecule has 5 nitrogen and oxygen atoms in total. The van der Waals surface area contributed by atoms with Gasteiger partial charge in [-0.1, -0.05) is 13.8 Å². The lowest BCUT2D eigenvalue weighted by Gasteiger charge is -2.38. The van der Waals surface area contributed by atoms with Crippen LogP contribution in [0.3, 0.4) is 0 Å². The molecule has 1 heterocycles. The second-order valence-corrected chi connectivity index (χ2v) is 5.71. The van der Waals surface area contributed by atoms with Crippen molar-refractivity contribution >= 4 is 17.5 Å². The zero-order valence-electron chi connectivity index (χ0n) is 11.2. The van der Waals surface area contributed by atoms with Gasteiger partial charge in [-0.05, 0) is 18.8 Å². The molecule has 100 valence electrons. The summed E-state index contributed by atoms with van der Waals surface area (Å²) in [6.45, 7) is 6.62. The maximum Gasteiger partial charge on any atom is 0.332 e. The quantitative estimate of drug-likeness (QED) is 0.735. The Morgan fingerprint density at radius 1 is 1.50 bits per heavy atom. The van der Waals surface area contributed by atoms with Gasteiger partial charge in [0.1, 0.15) is 6.04 Å². The molecule has 2 unspecified atom stereocenters. The standard InChI is InChI=1S/C13H20N2O3/c1-4-18-12(17)9-7-14-11-8(15-9)5-13(2,3)6-10(11)16/h9,11,14H,4-7H2,1-3H3. The van der Waals surface area contributed by atoms with Crippen LogP contribution in [0.2, 0.25) is 0 Å². The highest BCUT2D eigenvalue weighted by Gasteiger charge is 2.41. The number of nitrogens with zero attached hydrogens (tertiary/aromatic N) is 1. The number of Topliss-reactive ketones (excluding diaryl/α,β-unsaturated/α-hetero) is 1. The number of aliphatic imine (C=N–C) groups is 1. The van der Waals surface area contributed by atoms with Gasteiger partial charge in [0.15, 0.2) is 11.8 Å². The predicted molar refractivity (Wildman–Crippen MR) is 67.7 cm³/mol. The van der Waals surface area contributed by atoms with Gasteiger partial charge in [-0.2, -0.15) is 0 Å². The SMILES string of the molecule is CCOC(=O)C1CNC2C(=O)CC(C)(C)CC2=N1. The van der Waals surface area contributed by atoms with Crippen molar-refractivity contribution in [1.29, 1.82) is 0 Å². The van der Waals surface area contributed by atoms with Gasteiger partial charge in [0.25, 0.3) is 0 Å². The van der Waals surface area contributed by atoms with Gasteiger partial charge in [0, 0.05) is 18.7 Å². The zero-order chi connectivity index (χ0) is 13.3. The molecule has 1 aliphatic carbocycles. The number of nitrogens with one attached hydrogen (secondary N) is 1. The molecule has 1 fully saturated rings. The van der Waals surface area contributed by atoms with Crippen LogP contribution < -0.4 is 5.32 Å². The van der Waals surface area contributed by atoms with E-state index >= 15 is 0 Å². The molecule has 5 heteroatoms. The summed E-state index contributed by atoms with van der Waals surface area (Å²) in [5.74, 6) is -0.140. The van der Waals surface area contributed by atoms with Gasteiger partial charge in [-0.3, -0.25) is 9.79 Å². The highest BCUT2D eigenvalue weighted by Crippen LogP contribution is 2.33. The minimum absolute atomic E-state index is 0.0648. The lowest BCUT2D eigenvalue weighted by molar-refractivity contribution is -0.144. The van der Waals surface area contributed by atoms with Gasteiger partial charge < -0.3 is 10.1 Å². The first-order valence-electron chi connectivity index (χ1n) is 6.42. The predicted octanol–water partition coefficient (Wildman–Crippen LogP) is 0.720. The maximum absolute atomic E-state index is 12.0. The Bertz CT molecular complexity index is 401. The van der Waals surface area contributed by atoms with Crippen molar-refractivity contribution in [3.05, 3.63) is 0 Å². The third kappa shape index (κ3) is 2.61. The summed E-state index contributed by atoms with van der Waals surface area (Å²) < 4.78 is 4.97. The summed E-state index contributed by atoms with van der Waals surface area (Å²) >= 11 is 0. The molecule has 0 aromatic heterocycles. The molecule has 2 rings (SSSR count). The van der Waals surface area contributed by atoms with Crippen molar-refractivity contribution in [2.75, 3.05) is 13.2 Å². The van der Waals surface area contributed by atoms with E-state index in [1.807, 2.05) is 0 Å². The number of ether oxygens (including phenoxy) is 1. The number of fused-ring (bicyclic) bond motifs is 1. The first-order valence-corrected chi connectivity index (χ1v) is 6.42. The monoisotopic (exact) mass is 252 g/mol. The van der Waals surface area contributed by atoms with E-state index in [-0.39, 0.29) is 23.2 Å². The van der Waals surface area contributed by atoms with E-state index in [1.165, 1.54) is 0 Å². The van der Waals surface area contributed by atoms with Gasteiger partial charge in [0.2, 0.25) is 0 Å². The summed E-state index contributed by atoms with van der Waals surface area (Å²) in [5, 5.41) is 3.12. The Morgan fingerprint density at radius 2 is 2.22 bits per heavy atom. The molecule has 0 spiro atoms. The number of hydrogen-bond acceptors (Lipinski definition) is 5. The molecule has 0 aromatic rings. The average molecular weight is 252 g/mol. The fourth-order valence-corrected chi connectivity index (χ4v) is 2.62. The number of carbonyl (C=O) groups excluding carboxylic acids is 2. The summed E-state index contributed by atoms with van der Waals surface area (Å²) in [7, 11) is 0. The summed E-state index contributed by atoms with van der Waals surface area (Å²) in [4.78, 5) is 28.1. The molecule has 0 bridgehead atoms. The van der Waals surface area contributed by atoms with E-state index in [9.17, 15) is 9.59 Å². The van der Waals surface area contributed by atoms with Crippen LogP contribution in [-0.4, -0.2) is 42.7 Å². The van der Waals surface area contributed by atoms with E-state index in [2.05, 4.69) is 24.2 Å². The van der Waals surface area contributed by atoms with E-state index in [4.69, 9.17) is 4.74 Å². The Balaban J connectivity index is 2.17. The zero-order valence-corrected chi connectivity index (χ0v) is 11.2. The number of esters is 1. The van der Waals surface area contributed by atoms with E-state index in [0.29, 0.717) is 19.6 Å². The van der Waals surface area contributed by atoms with Crippen LogP contribution in [0.25, 0.3) is 0 Å². The van der Waals surface area contributed by atoms with Gasteiger partial charge in [-0.25, -0.2) is 4.79 Å². The molecule has 2 atom stereocenters. The smallest absolute Gasteiger partial charge is 0.332 e. The Hall–Kier alpha value is -1.23. The van der Waals surface area contributed by atoms with Crippen LogP contribution in [0.15, 0.2) is 4.99 Å². The third-order valence-corrected chi connectivity index (χ3v) is 3.36. The summed E-state index contributed by atoms with van der Waals surface area (Å²) in [5.41, 5.74) is 0.741. The highest BCUT2D eigenvalue weighted by atomic mass is 16.5. The Morgan fingerprint density at radius 3 is 2.89 bits per heavy atom. The molecule has 18 heavy (non-hydrogen) atoms. The Kier molecular flexibility index (Phi) is 3.52. The number of ketones is 1. The molecule has 2 aliphatic rings. The molecule has 1 N–H and O–H groups in total. The van der Waals surface area contributed by atoms with E-state index < -0.39 is 6.04 Å². The minimum atomic E-state index is -0.502. The second-order valence-electron chi connectivity index (χ2n) is 5.71. The lowest BCUT2D eigenvalue weighted by Crippen LogP contribution is -2.56. The fraction of sp³-hybridized carbons (Fsp3) is 0.769. The van der Waals surface area contributed by atoms with Gasteiger partial charge >= 0.3 is 5.97 Å². The first-order chi connectivity index (χ1) is 8.43. The highest BCUT2D eigenvalue weighted by molar-refractivity contribution is 6.12.